The van der Waals surface area contributed by atoms with Crippen LogP contribution in [-0.2, 0) is 9.53 Å². The smallest absolute Gasteiger partial charge is 0.326 e. The van der Waals surface area contributed by atoms with Gasteiger partial charge in [-0.1, -0.05) is 26.2 Å². The molecule has 1 atom stereocenters. The van der Waals surface area contributed by atoms with E-state index in [1.165, 1.54) is 7.11 Å². The van der Waals surface area contributed by atoms with Gasteiger partial charge in [-0.2, -0.15) is 0 Å². The molecule has 3 nitrogen and oxygen atoms in total. The number of hydrogen-bond donors (Lipinski definition) is 1. The van der Waals surface area contributed by atoms with Gasteiger partial charge in [0, 0.05) is 0 Å². The van der Waals surface area contributed by atoms with Crippen LogP contribution in [-0.4, -0.2) is 25.2 Å². The number of carbonyl (C=O) groups excluding carboxylic acids is 1. The molecule has 0 radical (unpaired) electrons. The molecule has 3 heteroatoms. The van der Waals surface area contributed by atoms with Gasteiger partial charge < -0.3 is 4.74 Å². The molecular formula is C11H19NO2. The number of terminal acetylenes is 1. The van der Waals surface area contributed by atoms with Crippen LogP contribution in [0.25, 0.3) is 0 Å². The second-order valence-corrected chi connectivity index (χ2v) is 3.23. The molecule has 1 unspecified atom stereocenters. The molecule has 80 valence electrons. The molecule has 0 saturated carbocycles. The van der Waals surface area contributed by atoms with Gasteiger partial charge in [0.15, 0.2) is 0 Å². The summed E-state index contributed by atoms with van der Waals surface area (Å²) >= 11 is 0. The van der Waals surface area contributed by atoms with E-state index < -0.39 is 5.54 Å². The summed E-state index contributed by atoms with van der Waals surface area (Å²) in [6, 6.07) is 0. The van der Waals surface area contributed by atoms with Crippen molar-refractivity contribution in [1.82, 2.24) is 5.32 Å². The second kappa shape index (κ2) is 6.44. The van der Waals surface area contributed by atoms with E-state index in [0.29, 0.717) is 13.0 Å². The van der Waals surface area contributed by atoms with Crippen LogP contribution in [0.15, 0.2) is 0 Å². The minimum Gasteiger partial charge on any atom is -0.468 e. The van der Waals surface area contributed by atoms with Crippen LogP contribution >= 0.6 is 0 Å². The predicted molar refractivity (Wildman–Crippen MR) is 56.8 cm³/mol. The first-order valence-electron chi connectivity index (χ1n) is 4.93. The summed E-state index contributed by atoms with van der Waals surface area (Å²) in [5.74, 6) is 2.25. The summed E-state index contributed by atoms with van der Waals surface area (Å²) in [6.07, 6.45) is 7.52. The molecule has 0 fully saturated rings. The van der Waals surface area contributed by atoms with Gasteiger partial charge in [-0.05, 0) is 12.8 Å². The van der Waals surface area contributed by atoms with Crippen LogP contribution < -0.4 is 5.32 Å². The molecule has 1 N–H and O–H groups in total. The van der Waals surface area contributed by atoms with E-state index in [0.717, 1.165) is 12.8 Å². The largest absolute Gasteiger partial charge is 0.468 e. The van der Waals surface area contributed by atoms with Crippen LogP contribution in [0.4, 0.5) is 0 Å². The Labute approximate surface area is 86.2 Å². The molecule has 0 aromatic rings. The van der Waals surface area contributed by atoms with E-state index in [9.17, 15) is 4.79 Å². The zero-order valence-corrected chi connectivity index (χ0v) is 9.22. The van der Waals surface area contributed by atoms with E-state index in [2.05, 4.69) is 11.2 Å². The molecule has 0 aliphatic rings. The van der Waals surface area contributed by atoms with Gasteiger partial charge in [-0.15, -0.1) is 6.42 Å². The predicted octanol–water partition coefficient (Wildman–Crippen LogP) is 1.33. The van der Waals surface area contributed by atoms with Gasteiger partial charge in [0.1, 0.15) is 5.54 Å². The summed E-state index contributed by atoms with van der Waals surface area (Å²) in [5, 5.41) is 3.07. The average molecular weight is 197 g/mol. The van der Waals surface area contributed by atoms with Crippen LogP contribution in [0, 0.1) is 12.3 Å². The third-order valence-electron chi connectivity index (χ3n) is 2.39. The Kier molecular flexibility index (Phi) is 5.98. The number of hydrogen-bond acceptors (Lipinski definition) is 3. The van der Waals surface area contributed by atoms with Gasteiger partial charge in [-0.25, -0.2) is 0 Å². The third-order valence-corrected chi connectivity index (χ3v) is 2.39. The van der Waals surface area contributed by atoms with Crippen molar-refractivity contribution in [2.24, 2.45) is 0 Å². The molecule has 0 saturated heterocycles. The monoisotopic (exact) mass is 197 g/mol. The van der Waals surface area contributed by atoms with E-state index in [1.54, 1.807) is 0 Å². The van der Waals surface area contributed by atoms with Gasteiger partial charge in [0.25, 0.3) is 0 Å². The lowest BCUT2D eigenvalue weighted by molar-refractivity contribution is -0.149. The number of esters is 1. The van der Waals surface area contributed by atoms with Crippen molar-refractivity contribution in [3.63, 3.8) is 0 Å². The van der Waals surface area contributed by atoms with E-state index >= 15 is 0 Å². The van der Waals surface area contributed by atoms with Crippen molar-refractivity contribution in [2.45, 2.75) is 38.6 Å². The van der Waals surface area contributed by atoms with Gasteiger partial charge in [0.05, 0.1) is 13.7 Å². The summed E-state index contributed by atoms with van der Waals surface area (Å²) in [4.78, 5) is 11.6. The first-order valence-corrected chi connectivity index (χ1v) is 4.93. The number of carbonyl (C=O) groups is 1. The summed E-state index contributed by atoms with van der Waals surface area (Å²) in [7, 11) is 1.40. The number of methoxy groups -OCH3 is 1. The molecule has 0 aromatic carbocycles. The van der Waals surface area contributed by atoms with Gasteiger partial charge in [0.2, 0.25) is 0 Å². The Balaban J connectivity index is 4.60. The third kappa shape index (κ3) is 3.04. The lowest BCUT2D eigenvalue weighted by Crippen LogP contribution is -2.52. The van der Waals surface area contributed by atoms with E-state index in [1.807, 2.05) is 13.8 Å². The SMILES string of the molecule is C#CCNC(CC)(CCC)C(=O)OC. The second-order valence-electron chi connectivity index (χ2n) is 3.23. The lowest BCUT2D eigenvalue weighted by Gasteiger charge is -2.29. The Morgan fingerprint density at radius 1 is 1.57 bits per heavy atom. The molecule has 0 aliphatic heterocycles. The fraction of sp³-hybridized carbons (Fsp3) is 0.727. The minimum absolute atomic E-state index is 0.225. The highest BCUT2D eigenvalue weighted by Gasteiger charge is 2.35. The van der Waals surface area contributed by atoms with Crippen molar-refractivity contribution in [1.29, 1.82) is 0 Å². The number of nitrogens with one attached hydrogen (secondary N) is 1. The highest BCUT2D eigenvalue weighted by Crippen LogP contribution is 2.18. The van der Waals surface area contributed by atoms with Crippen LogP contribution in [0.5, 0.6) is 0 Å². The molecule has 0 heterocycles. The van der Waals surface area contributed by atoms with E-state index in [4.69, 9.17) is 11.2 Å². The summed E-state index contributed by atoms with van der Waals surface area (Å²) < 4.78 is 4.79. The van der Waals surface area contributed by atoms with Crippen molar-refractivity contribution in [3.8, 4) is 12.3 Å². The Hall–Kier alpha value is -1.01. The molecule has 0 rings (SSSR count). The fourth-order valence-corrected chi connectivity index (χ4v) is 1.55. The average Bonchev–Trinajstić information content (AvgIpc) is 2.23. The maximum Gasteiger partial charge on any atom is 0.326 e. The highest BCUT2D eigenvalue weighted by molar-refractivity contribution is 5.80. The standard InChI is InChI=1S/C11H19NO2/c1-5-8-11(7-3,10(13)14-4)12-9-6-2/h2,12H,5,7-9H2,1,3-4H3. The van der Waals surface area contributed by atoms with Crippen LogP contribution in [0.3, 0.4) is 0 Å². The maximum atomic E-state index is 11.6. The summed E-state index contributed by atoms with van der Waals surface area (Å²) in [6.45, 7) is 4.38. The Morgan fingerprint density at radius 3 is 2.57 bits per heavy atom. The number of ether oxygens (including phenoxy) is 1. The quantitative estimate of drug-likeness (QED) is 0.515. The normalized spacial score (nSPS) is 14.1. The molecule has 0 spiro atoms. The zero-order chi connectivity index (χ0) is 11.0. The molecule has 0 bridgehead atoms. The van der Waals surface area contributed by atoms with Crippen molar-refractivity contribution in [3.05, 3.63) is 0 Å². The first kappa shape index (κ1) is 13.0. The Morgan fingerprint density at radius 2 is 2.21 bits per heavy atom. The zero-order valence-electron chi connectivity index (χ0n) is 9.22. The van der Waals surface area contributed by atoms with Crippen LogP contribution in [0.2, 0.25) is 0 Å². The van der Waals surface area contributed by atoms with Crippen molar-refractivity contribution >= 4 is 5.97 Å². The molecule has 14 heavy (non-hydrogen) atoms. The molecule has 0 aliphatic carbocycles. The molecular weight excluding hydrogens is 178 g/mol. The van der Waals surface area contributed by atoms with Crippen LogP contribution in [0.1, 0.15) is 33.1 Å². The topological polar surface area (TPSA) is 38.3 Å². The van der Waals surface area contributed by atoms with Gasteiger partial charge in [-0.3, -0.25) is 10.1 Å². The van der Waals surface area contributed by atoms with Crippen molar-refractivity contribution in [2.75, 3.05) is 13.7 Å². The maximum absolute atomic E-state index is 11.6. The lowest BCUT2D eigenvalue weighted by atomic mass is 9.90. The fourth-order valence-electron chi connectivity index (χ4n) is 1.55. The van der Waals surface area contributed by atoms with Crippen molar-refractivity contribution < 1.29 is 9.53 Å². The summed E-state index contributed by atoms with van der Waals surface area (Å²) in [5.41, 5.74) is -0.601. The minimum atomic E-state index is -0.601. The molecule has 0 amide bonds. The highest BCUT2D eigenvalue weighted by atomic mass is 16.5. The first-order chi connectivity index (χ1) is 6.66. The van der Waals surface area contributed by atoms with Gasteiger partial charge >= 0.3 is 5.97 Å². The van der Waals surface area contributed by atoms with E-state index in [-0.39, 0.29) is 5.97 Å². The Bertz CT molecular complexity index is 220. The molecule has 0 aromatic heterocycles. The number of rotatable bonds is 6.